The molecule has 0 amide bonds. The zero-order valence-electron chi connectivity index (χ0n) is 12.3. The Kier molecular flexibility index (Phi) is 3.88. The highest BCUT2D eigenvalue weighted by Gasteiger charge is 2.25. The average Bonchev–Trinajstić information content (AvgIpc) is 2.90. The highest BCUT2D eigenvalue weighted by Crippen LogP contribution is 2.30. The maximum absolute atomic E-state index is 13.0. The molecular weight excluding hydrogens is 310 g/mol. The van der Waals surface area contributed by atoms with Gasteiger partial charge in [-0.15, -0.1) is 6.58 Å². The fourth-order valence-corrected chi connectivity index (χ4v) is 4.27. The third-order valence-corrected chi connectivity index (χ3v) is 5.46. The Morgan fingerprint density at radius 3 is 2.30 bits per heavy atom. The van der Waals surface area contributed by atoms with E-state index in [0.29, 0.717) is 23.8 Å². The van der Waals surface area contributed by atoms with Gasteiger partial charge < -0.3 is 0 Å². The van der Waals surface area contributed by atoms with E-state index in [1.54, 1.807) is 36.4 Å². The van der Waals surface area contributed by atoms with Crippen LogP contribution in [0, 0.1) is 0 Å². The second kappa shape index (κ2) is 5.85. The molecule has 3 rings (SSSR count). The van der Waals surface area contributed by atoms with Gasteiger partial charge in [0.05, 0.1) is 10.4 Å². The lowest BCUT2D eigenvalue weighted by molar-refractivity contribution is 0.111. The van der Waals surface area contributed by atoms with Crippen LogP contribution in [-0.4, -0.2) is 18.7 Å². The van der Waals surface area contributed by atoms with E-state index in [-0.39, 0.29) is 10.6 Å². The molecule has 1 heterocycles. The highest BCUT2D eigenvalue weighted by molar-refractivity contribution is 7.90. The smallest absolute Gasteiger partial charge is 0.268 e. The first-order chi connectivity index (χ1) is 11.1. The first-order valence-corrected chi connectivity index (χ1v) is 8.54. The first kappa shape index (κ1) is 15.2. The lowest BCUT2D eigenvalue weighted by Crippen LogP contribution is -2.16. The summed E-state index contributed by atoms with van der Waals surface area (Å²) in [6.07, 6.45) is 2.68. The molecule has 0 radical (unpaired) electrons. The van der Waals surface area contributed by atoms with E-state index in [4.69, 9.17) is 0 Å². The topological polar surface area (TPSA) is 56.1 Å². The number of carbonyl (C=O) groups is 1. The number of para-hydroxylation sites is 1. The molecule has 0 spiro atoms. The second-order valence-corrected chi connectivity index (χ2v) is 6.86. The minimum absolute atomic E-state index is 0.147. The van der Waals surface area contributed by atoms with Gasteiger partial charge in [-0.2, -0.15) is 0 Å². The Morgan fingerprint density at radius 2 is 1.65 bits per heavy atom. The molecule has 1 aromatic heterocycles. The van der Waals surface area contributed by atoms with Crippen LogP contribution >= 0.6 is 0 Å². The van der Waals surface area contributed by atoms with Gasteiger partial charge in [0.15, 0.2) is 6.29 Å². The van der Waals surface area contributed by atoms with Crippen molar-refractivity contribution in [2.75, 3.05) is 0 Å². The molecule has 3 aromatic rings. The van der Waals surface area contributed by atoms with Crippen molar-refractivity contribution in [1.29, 1.82) is 0 Å². The van der Waals surface area contributed by atoms with E-state index >= 15 is 0 Å². The van der Waals surface area contributed by atoms with Crippen molar-refractivity contribution in [3.05, 3.63) is 78.5 Å². The van der Waals surface area contributed by atoms with Crippen LogP contribution in [0.4, 0.5) is 0 Å². The number of rotatable bonds is 5. The molecule has 0 saturated heterocycles. The highest BCUT2D eigenvalue weighted by atomic mass is 32.2. The minimum Gasteiger partial charge on any atom is -0.296 e. The number of nitrogens with zero attached hydrogens (tertiary/aromatic N) is 1. The summed E-state index contributed by atoms with van der Waals surface area (Å²) in [6.45, 7) is 3.69. The molecule has 116 valence electrons. The lowest BCUT2D eigenvalue weighted by atomic mass is 10.1. The third-order valence-electron chi connectivity index (χ3n) is 3.72. The van der Waals surface area contributed by atoms with Gasteiger partial charge in [-0.1, -0.05) is 42.5 Å². The number of benzene rings is 2. The van der Waals surface area contributed by atoms with Gasteiger partial charge in [0.1, 0.15) is 5.69 Å². The predicted molar refractivity (Wildman–Crippen MR) is 90.3 cm³/mol. The van der Waals surface area contributed by atoms with Gasteiger partial charge in [0.25, 0.3) is 10.0 Å². The largest absolute Gasteiger partial charge is 0.296 e. The van der Waals surface area contributed by atoms with E-state index in [9.17, 15) is 13.2 Å². The molecule has 2 aromatic carbocycles. The maximum Gasteiger partial charge on any atom is 0.268 e. The lowest BCUT2D eigenvalue weighted by Gasteiger charge is -2.09. The Bertz CT molecular complexity index is 986. The normalized spacial score (nSPS) is 11.5. The average molecular weight is 325 g/mol. The molecule has 0 atom stereocenters. The SMILES string of the molecule is C=CCc1c(C=O)n(S(=O)(=O)c2ccccc2)c2ccccc12. The van der Waals surface area contributed by atoms with Crippen molar-refractivity contribution >= 4 is 27.2 Å². The molecule has 0 fully saturated rings. The predicted octanol–water partition coefficient (Wildman–Crippen LogP) is 3.42. The third kappa shape index (κ3) is 2.39. The van der Waals surface area contributed by atoms with Crippen LogP contribution in [0.15, 0.2) is 72.1 Å². The van der Waals surface area contributed by atoms with Crippen LogP contribution in [0.1, 0.15) is 16.1 Å². The van der Waals surface area contributed by atoms with Gasteiger partial charge in [-0.25, -0.2) is 12.4 Å². The van der Waals surface area contributed by atoms with Gasteiger partial charge in [0, 0.05) is 5.39 Å². The second-order valence-electron chi connectivity index (χ2n) is 5.07. The zero-order valence-corrected chi connectivity index (χ0v) is 13.2. The minimum atomic E-state index is -3.85. The van der Waals surface area contributed by atoms with Crippen LogP contribution < -0.4 is 0 Å². The molecular formula is C18H15NO3S. The summed E-state index contributed by atoms with van der Waals surface area (Å²) < 4.78 is 27.2. The molecule has 0 aliphatic rings. The number of allylic oxidation sites excluding steroid dienone is 1. The van der Waals surface area contributed by atoms with Crippen molar-refractivity contribution in [3.63, 3.8) is 0 Å². The van der Waals surface area contributed by atoms with Crippen LogP contribution in [0.2, 0.25) is 0 Å². The summed E-state index contributed by atoms with van der Waals surface area (Å²) in [7, 11) is -3.85. The van der Waals surface area contributed by atoms with Crippen molar-refractivity contribution in [2.45, 2.75) is 11.3 Å². The molecule has 23 heavy (non-hydrogen) atoms. The molecule has 0 unspecified atom stereocenters. The molecule has 0 N–H and O–H groups in total. The van der Waals surface area contributed by atoms with Crippen molar-refractivity contribution < 1.29 is 13.2 Å². The Morgan fingerprint density at radius 1 is 1.00 bits per heavy atom. The Hall–Kier alpha value is -2.66. The Balaban J connectivity index is 2.42. The number of hydrogen-bond donors (Lipinski definition) is 0. The van der Waals surface area contributed by atoms with Gasteiger partial charge in [-0.3, -0.25) is 4.79 Å². The fourth-order valence-electron chi connectivity index (χ4n) is 2.73. The summed E-state index contributed by atoms with van der Waals surface area (Å²) in [6, 6.07) is 15.2. The van der Waals surface area contributed by atoms with E-state index < -0.39 is 10.0 Å². The number of aldehydes is 1. The first-order valence-electron chi connectivity index (χ1n) is 7.10. The number of hydrogen-bond acceptors (Lipinski definition) is 3. The van der Waals surface area contributed by atoms with Crippen LogP contribution in [0.5, 0.6) is 0 Å². The van der Waals surface area contributed by atoms with Crippen LogP contribution in [-0.2, 0) is 16.4 Å². The maximum atomic E-state index is 13.0. The molecule has 5 heteroatoms. The number of carbonyl (C=O) groups excluding carboxylic acids is 1. The van der Waals surface area contributed by atoms with E-state index in [1.165, 1.54) is 12.1 Å². The zero-order chi connectivity index (χ0) is 16.4. The monoisotopic (exact) mass is 325 g/mol. The van der Waals surface area contributed by atoms with Crippen LogP contribution in [0.25, 0.3) is 10.9 Å². The van der Waals surface area contributed by atoms with Crippen LogP contribution in [0.3, 0.4) is 0 Å². The standard InChI is InChI=1S/C18H15NO3S/c1-2-8-15-16-11-6-7-12-17(16)19(18(15)13-20)23(21,22)14-9-4-3-5-10-14/h2-7,9-13H,1,8H2. The fraction of sp³-hybridized carbons (Fsp3) is 0.0556. The Labute approximate surface area is 134 Å². The van der Waals surface area contributed by atoms with Crippen molar-refractivity contribution in [2.24, 2.45) is 0 Å². The molecule has 0 bridgehead atoms. The molecule has 0 saturated carbocycles. The quantitative estimate of drug-likeness (QED) is 0.533. The number of aromatic nitrogens is 1. The summed E-state index contributed by atoms with van der Waals surface area (Å²) in [5.41, 5.74) is 1.32. The van der Waals surface area contributed by atoms with E-state index in [2.05, 4.69) is 6.58 Å². The summed E-state index contributed by atoms with van der Waals surface area (Å²) >= 11 is 0. The molecule has 0 aliphatic heterocycles. The summed E-state index contributed by atoms with van der Waals surface area (Å²) in [4.78, 5) is 11.8. The summed E-state index contributed by atoms with van der Waals surface area (Å²) in [5, 5.41) is 0.744. The summed E-state index contributed by atoms with van der Waals surface area (Å²) in [5.74, 6) is 0. The van der Waals surface area contributed by atoms with Gasteiger partial charge in [-0.05, 0) is 30.2 Å². The van der Waals surface area contributed by atoms with Crippen molar-refractivity contribution in [3.8, 4) is 0 Å². The molecule has 0 aliphatic carbocycles. The van der Waals surface area contributed by atoms with E-state index in [0.717, 1.165) is 9.36 Å². The molecule has 4 nitrogen and oxygen atoms in total. The van der Waals surface area contributed by atoms with Gasteiger partial charge in [0.2, 0.25) is 0 Å². The van der Waals surface area contributed by atoms with Crippen molar-refractivity contribution in [1.82, 2.24) is 3.97 Å². The number of fused-ring (bicyclic) bond motifs is 1. The van der Waals surface area contributed by atoms with Gasteiger partial charge >= 0.3 is 0 Å². The van der Waals surface area contributed by atoms with E-state index in [1.807, 2.05) is 12.1 Å².